The highest BCUT2D eigenvalue weighted by atomic mass is 16.2. The number of carbonyl (C=O) groups excluding carboxylic acids is 1. The summed E-state index contributed by atoms with van der Waals surface area (Å²) < 4.78 is 0. The zero-order valence-electron chi connectivity index (χ0n) is 12.7. The van der Waals surface area contributed by atoms with Gasteiger partial charge in [0.25, 0.3) is 0 Å². The SMILES string of the molecule is CC(C)CC(C)NC(=O)C1CCC2CCCCC2N1. The molecular weight excluding hydrogens is 236 g/mol. The Bertz CT molecular complexity index is 303. The maximum Gasteiger partial charge on any atom is 0.237 e. The van der Waals surface area contributed by atoms with E-state index >= 15 is 0 Å². The molecule has 2 rings (SSSR count). The number of nitrogens with one attached hydrogen (secondary N) is 2. The third-order valence-electron chi connectivity index (χ3n) is 4.68. The summed E-state index contributed by atoms with van der Waals surface area (Å²) in [7, 11) is 0. The molecule has 4 atom stereocenters. The van der Waals surface area contributed by atoms with E-state index in [9.17, 15) is 4.79 Å². The minimum Gasteiger partial charge on any atom is -0.352 e. The third kappa shape index (κ3) is 4.20. The topological polar surface area (TPSA) is 41.1 Å². The van der Waals surface area contributed by atoms with Crippen LogP contribution >= 0.6 is 0 Å². The van der Waals surface area contributed by atoms with E-state index in [0.29, 0.717) is 18.0 Å². The molecular formula is C16H30N2O. The fourth-order valence-corrected chi connectivity index (χ4v) is 3.81. The number of fused-ring (bicyclic) bond motifs is 1. The molecule has 1 saturated carbocycles. The van der Waals surface area contributed by atoms with Gasteiger partial charge in [-0.15, -0.1) is 0 Å². The van der Waals surface area contributed by atoms with Gasteiger partial charge in [-0.1, -0.05) is 26.7 Å². The van der Waals surface area contributed by atoms with Crippen LogP contribution in [0, 0.1) is 11.8 Å². The maximum absolute atomic E-state index is 12.3. The van der Waals surface area contributed by atoms with Crippen molar-refractivity contribution in [1.82, 2.24) is 10.6 Å². The first-order chi connectivity index (χ1) is 9.06. The van der Waals surface area contributed by atoms with Gasteiger partial charge in [-0.05, 0) is 50.9 Å². The summed E-state index contributed by atoms with van der Waals surface area (Å²) in [6.45, 7) is 6.52. The van der Waals surface area contributed by atoms with Crippen LogP contribution in [0.25, 0.3) is 0 Å². The van der Waals surface area contributed by atoms with E-state index in [1.165, 1.54) is 32.1 Å². The van der Waals surface area contributed by atoms with Crippen LogP contribution in [0.15, 0.2) is 0 Å². The number of rotatable bonds is 4. The number of carbonyl (C=O) groups is 1. The molecule has 3 heteroatoms. The summed E-state index contributed by atoms with van der Waals surface area (Å²) in [5, 5.41) is 6.78. The second-order valence-electron chi connectivity index (χ2n) is 6.99. The zero-order chi connectivity index (χ0) is 13.8. The van der Waals surface area contributed by atoms with E-state index in [-0.39, 0.29) is 11.9 Å². The smallest absolute Gasteiger partial charge is 0.237 e. The fraction of sp³-hybridized carbons (Fsp3) is 0.938. The summed E-state index contributed by atoms with van der Waals surface area (Å²) in [5.41, 5.74) is 0. The van der Waals surface area contributed by atoms with Crippen molar-refractivity contribution < 1.29 is 4.79 Å². The standard InChI is InChI=1S/C16H30N2O/c1-11(2)10-12(3)17-16(19)15-9-8-13-6-4-5-7-14(13)18-15/h11-15,18H,4-10H2,1-3H3,(H,17,19). The molecule has 19 heavy (non-hydrogen) atoms. The molecule has 0 spiro atoms. The first kappa shape index (κ1) is 14.8. The Kier molecular flexibility index (Phi) is 5.26. The molecule has 1 aliphatic heterocycles. The van der Waals surface area contributed by atoms with E-state index in [1.54, 1.807) is 0 Å². The van der Waals surface area contributed by atoms with Gasteiger partial charge in [0.15, 0.2) is 0 Å². The van der Waals surface area contributed by atoms with E-state index in [1.807, 2.05) is 0 Å². The predicted molar refractivity (Wildman–Crippen MR) is 79.0 cm³/mol. The number of amides is 1. The van der Waals surface area contributed by atoms with E-state index < -0.39 is 0 Å². The fourth-order valence-electron chi connectivity index (χ4n) is 3.81. The molecule has 3 nitrogen and oxygen atoms in total. The Labute approximate surface area is 117 Å². The molecule has 0 bridgehead atoms. The Morgan fingerprint density at radius 3 is 2.63 bits per heavy atom. The molecule has 0 aromatic carbocycles. The van der Waals surface area contributed by atoms with Gasteiger partial charge in [0.2, 0.25) is 5.91 Å². The molecule has 1 saturated heterocycles. The third-order valence-corrected chi connectivity index (χ3v) is 4.68. The minimum atomic E-state index is 0.0500. The monoisotopic (exact) mass is 266 g/mol. The molecule has 1 amide bonds. The zero-order valence-corrected chi connectivity index (χ0v) is 12.7. The van der Waals surface area contributed by atoms with Crippen molar-refractivity contribution in [1.29, 1.82) is 0 Å². The quantitative estimate of drug-likeness (QED) is 0.821. The Balaban J connectivity index is 1.80. The molecule has 0 aromatic heterocycles. The minimum absolute atomic E-state index is 0.0500. The highest BCUT2D eigenvalue weighted by molar-refractivity contribution is 5.82. The summed E-state index contributed by atoms with van der Waals surface area (Å²) in [6.07, 6.45) is 8.63. The van der Waals surface area contributed by atoms with Crippen LogP contribution in [0.2, 0.25) is 0 Å². The molecule has 110 valence electrons. The first-order valence-electron chi connectivity index (χ1n) is 8.12. The van der Waals surface area contributed by atoms with Gasteiger partial charge in [-0.3, -0.25) is 4.79 Å². The van der Waals surface area contributed by atoms with Gasteiger partial charge in [0.05, 0.1) is 6.04 Å². The summed E-state index contributed by atoms with van der Waals surface area (Å²) in [5.74, 6) is 1.68. The predicted octanol–water partition coefficient (Wildman–Crippen LogP) is 2.85. The molecule has 2 aliphatic rings. The Morgan fingerprint density at radius 1 is 1.16 bits per heavy atom. The molecule has 1 heterocycles. The lowest BCUT2D eigenvalue weighted by molar-refractivity contribution is -0.125. The molecule has 2 N–H and O–H groups in total. The normalized spacial score (nSPS) is 32.7. The van der Waals surface area contributed by atoms with Gasteiger partial charge in [0, 0.05) is 12.1 Å². The van der Waals surface area contributed by atoms with Gasteiger partial charge in [0.1, 0.15) is 0 Å². The molecule has 1 aliphatic carbocycles. The lowest BCUT2D eigenvalue weighted by Gasteiger charge is -2.40. The van der Waals surface area contributed by atoms with Crippen molar-refractivity contribution in [2.45, 2.75) is 83.8 Å². The van der Waals surface area contributed by atoms with Crippen LogP contribution in [0.4, 0.5) is 0 Å². The molecule has 4 unspecified atom stereocenters. The molecule has 0 aromatic rings. The lowest BCUT2D eigenvalue weighted by atomic mass is 9.77. The van der Waals surface area contributed by atoms with Crippen LogP contribution in [0.5, 0.6) is 0 Å². The first-order valence-corrected chi connectivity index (χ1v) is 8.12. The molecule has 0 radical (unpaired) electrons. The largest absolute Gasteiger partial charge is 0.352 e. The van der Waals surface area contributed by atoms with Crippen LogP contribution in [0.3, 0.4) is 0 Å². The van der Waals surface area contributed by atoms with Crippen LogP contribution in [-0.2, 0) is 4.79 Å². The summed E-state index contributed by atoms with van der Waals surface area (Å²) in [6, 6.07) is 0.936. The Morgan fingerprint density at radius 2 is 1.89 bits per heavy atom. The van der Waals surface area contributed by atoms with Crippen molar-refractivity contribution in [3.05, 3.63) is 0 Å². The van der Waals surface area contributed by atoms with E-state index in [2.05, 4.69) is 31.4 Å². The van der Waals surface area contributed by atoms with Gasteiger partial charge in [-0.2, -0.15) is 0 Å². The van der Waals surface area contributed by atoms with E-state index in [0.717, 1.165) is 18.8 Å². The average molecular weight is 266 g/mol. The van der Waals surface area contributed by atoms with Gasteiger partial charge >= 0.3 is 0 Å². The van der Waals surface area contributed by atoms with Gasteiger partial charge in [-0.25, -0.2) is 0 Å². The van der Waals surface area contributed by atoms with Crippen molar-refractivity contribution in [3.63, 3.8) is 0 Å². The highest BCUT2D eigenvalue weighted by Gasteiger charge is 2.34. The van der Waals surface area contributed by atoms with Crippen molar-refractivity contribution >= 4 is 5.91 Å². The molecule has 2 fully saturated rings. The summed E-state index contributed by atoms with van der Waals surface area (Å²) >= 11 is 0. The average Bonchev–Trinajstić information content (AvgIpc) is 2.37. The van der Waals surface area contributed by atoms with Crippen molar-refractivity contribution in [2.24, 2.45) is 11.8 Å². The lowest BCUT2D eigenvalue weighted by Crippen LogP contribution is -2.56. The van der Waals surface area contributed by atoms with Crippen LogP contribution < -0.4 is 10.6 Å². The highest BCUT2D eigenvalue weighted by Crippen LogP contribution is 2.32. The van der Waals surface area contributed by atoms with Crippen molar-refractivity contribution in [3.8, 4) is 0 Å². The second-order valence-corrected chi connectivity index (χ2v) is 6.99. The summed E-state index contributed by atoms with van der Waals surface area (Å²) in [4.78, 5) is 12.3. The van der Waals surface area contributed by atoms with E-state index in [4.69, 9.17) is 0 Å². The van der Waals surface area contributed by atoms with Crippen LogP contribution in [-0.4, -0.2) is 24.0 Å². The number of hydrogen-bond acceptors (Lipinski definition) is 2. The Hall–Kier alpha value is -0.570. The van der Waals surface area contributed by atoms with Crippen LogP contribution in [0.1, 0.15) is 65.7 Å². The maximum atomic E-state index is 12.3. The number of hydrogen-bond donors (Lipinski definition) is 2. The number of piperidine rings is 1. The van der Waals surface area contributed by atoms with Gasteiger partial charge < -0.3 is 10.6 Å². The van der Waals surface area contributed by atoms with Crippen molar-refractivity contribution in [2.75, 3.05) is 0 Å². The second kappa shape index (κ2) is 6.74.